The Hall–Kier alpha value is -2.81. The molecule has 28 heavy (non-hydrogen) atoms. The standard InChI is InChI=1S/C19H21FN4O4/c1-28-17-15-12(18(26)22-19(27)24(15)9-3-4-9)14(21)13(20)16(17)23-6-8-2-5-11(25)10(8)7-23/h2,5,8-11,25H,3-4,6-7,21H2,1H3,(H,22,26,27). The summed E-state index contributed by atoms with van der Waals surface area (Å²) in [6, 6.07) is -0.0684. The molecule has 5 rings (SSSR count). The normalized spacial score (nSPS) is 26.2. The Morgan fingerprint density at radius 2 is 2.04 bits per heavy atom. The van der Waals surface area contributed by atoms with E-state index in [1.54, 1.807) is 11.0 Å². The van der Waals surface area contributed by atoms with E-state index in [2.05, 4.69) is 4.98 Å². The van der Waals surface area contributed by atoms with Gasteiger partial charge < -0.3 is 20.5 Å². The van der Waals surface area contributed by atoms with Gasteiger partial charge in [0.1, 0.15) is 11.2 Å². The van der Waals surface area contributed by atoms with Crippen LogP contribution in [0.25, 0.3) is 10.9 Å². The summed E-state index contributed by atoms with van der Waals surface area (Å²) in [5, 5.41) is 10.1. The summed E-state index contributed by atoms with van der Waals surface area (Å²) in [4.78, 5) is 29.0. The van der Waals surface area contributed by atoms with Crippen LogP contribution in [0, 0.1) is 17.7 Å². The van der Waals surface area contributed by atoms with E-state index in [9.17, 15) is 14.7 Å². The Morgan fingerprint density at radius 1 is 1.29 bits per heavy atom. The molecule has 4 N–H and O–H groups in total. The summed E-state index contributed by atoms with van der Waals surface area (Å²) in [6.45, 7) is 0.918. The van der Waals surface area contributed by atoms with Crippen molar-refractivity contribution in [3.8, 4) is 5.75 Å². The van der Waals surface area contributed by atoms with Crippen LogP contribution in [0.3, 0.4) is 0 Å². The minimum atomic E-state index is -0.741. The maximum atomic E-state index is 15.4. The van der Waals surface area contributed by atoms with Gasteiger partial charge >= 0.3 is 5.69 Å². The SMILES string of the molecule is COc1c(N2CC3C=CC(O)C3C2)c(F)c(N)c2c(=O)[nH]c(=O)n(C3CC3)c12. The number of hydrogen-bond donors (Lipinski definition) is 3. The van der Waals surface area contributed by atoms with E-state index in [-0.39, 0.29) is 45.9 Å². The molecule has 2 aliphatic carbocycles. The lowest BCUT2D eigenvalue weighted by molar-refractivity contribution is 0.162. The van der Waals surface area contributed by atoms with Crippen LogP contribution < -0.4 is 26.6 Å². The largest absolute Gasteiger partial charge is 0.492 e. The first-order chi connectivity index (χ1) is 13.4. The third-order valence-electron chi connectivity index (χ3n) is 6.13. The molecule has 1 aliphatic heterocycles. The van der Waals surface area contributed by atoms with Crippen LogP contribution in [0.15, 0.2) is 21.7 Å². The van der Waals surface area contributed by atoms with Crippen molar-refractivity contribution in [1.29, 1.82) is 0 Å². The second kappa shape index (κ2) is 5.84. The number of rotatable bonds is 3. The van der Waals surface area contributed by atoms with Crippen LogP contribution >= 0.6 is 0 Å². The molecular formula is C19H21FN4O4. The number of nitrogens with one attached hydrogen (secondary N) is 1. The Kier molecular flexibility index (Phi) is 3.61. The summed E-state index contributed by atoms with van der Waals surface area (Å²) in [5.41, 5.74) is 4.84. The quantitative estimate of drug-likeness (QED) is 0.528. The molecule has 1 aromatic carbocycles. The Morgan fingerprint density at radius 3 is 2.68 bits per heavy atom. The Bertz CT molecular complexity index is 1130. The molecule has 0 spiro atoms. The average Bonchev–Trinajstić information content (AvgIpc) is 3.30. The average molecular weight is 388 g/mol. The number of aliphatic hydroxyl groups is 1. The zero-order valence-corrected chi connectivity index (χ0v) is 15.3. The summed E-state index contributed by atoms with van der Waals surface area (Å²) < 4.78 is 22.4. The molecule has 3 aliphatic rings. The van der Waals surface area contributed by atoms with Crippen molar-refractivity contribution in [3.05, 3.63) is 38.8 Å². The molecule has 2 heterocycles. The smallest absolute Gasteiger partial charge is 0.329 e. The summed E-state index contributed by atoms with van der Waals surface area (Å²) in [5.74, 6) is -0.545. The van der Waals surface area contributed by atoms with Crippen LogP contribution in [0.1, 0.15) is 18.9 Å². The Labute approximate surface area is 159 Å². The second-order valence-corrected chi connectivity index (χ2v) is 7.80. The van der Waals surface area contributed by atoms with Crippen molar-refractivity contribution in [2.75, 3.05) is 30.8 Å². The van der Waals surface area contributed by atoms with E-state index in [1.807, 2.05) is 6.08 Å². The van der Waals surface area contributed by atoms with Crippen molar-refractivity contribution in [2.45, 2.75) is 25.0 Å². The molecule has 3 unspecified atom stereocenters. The fraction of sp³-hybridized carbons (Fsp3) is 0.474. The molecule has 1 saturated heterocycles. The number of aromatic nitrogens is 2. The van der Waals surface area contributed by atoms with Crippen molar-refractivity contribution in [1.82, 2.24) is 9.55 Å². The molecular weight excluding hydrogens is 367 g/mol. The van der Waals surface area contributed by atoms with Crippen LogP contribution in [0.5, 0.6) is 5.75 Å². The first kappa shape index (κ1) is 17.3. The zero-order valence-electron chi connectivity index (χ0n) is 15.3. The van der Waals surface area contributed by atoms with Crippen LogP contribution in [0.2, 0.25) is 0 Å². The van der Waals surface area contributed by atoms with Gasteiger partial charge in [-0.1, -0.05) is 12.2 Å². The van der Waals surface area contributed by atoms with Gasteiger partial charge in [-0.05, 0) is 12.8 Å². The van der Waals surface area contributed by atoms with Crippen molar-refractivity contribution < 1.29 is 14.2 Å². The highest BCUT2D eigenvalue weighted by Gasteiger charge is 2.41. The first-order valence-corrected chi connectivity index (χ1v) is 9.37. The highest BCUT2D eigenvalue weighted by atomic mass is 19.1. The molecule has 2 fully saturated rings. The molecule has 148 valence electrons. The monoisotopic (exact) mass is 388 g/mol. The number of nitrogen functional groups attached to an aromatic ring is 1. The van der Waals surface area contributed by atoms with E-state index < -0.39 is 23.2 Å². The molecule has 0 radical (unpaired) electrons. The molecule has 1 aromatic heterocycles. The minimum absolute atomic E-state index is 0.0363. The number of fused-ring (bicyclic) bond motifs is 2. The number of halogens is 1. The molecule has 0 bridgehead atoms. The summed E-state index contributed by atoms with van der Waals surface area (Å²) in [7, 11) is 1.39. The molecule has 8 nitrogen and oxygen atoms in total. The molecule has 9 heteroatoms. The van der Waals surface area contributed by atoms with Gasteiger partial charge in [-0.15, -0.1) is 0 Å². The third kappa shape index (κ3) is 2.25. The number of H-pyrrole nitrogens is 1. The van der Waals surface area contributed by atoms with E-state index in [0.717, 1.165) is 12.8 Å². The number of nitrogens with zero attached hydrogens (tertiary/aromatic N) is 2. The predicted octanol–water partition coefficient (Wildman–Crippen LogP) is 0.738. The van der Waals surface area contributed by atoms with Crippen LogP contribution in [-0.4, -0.2) is 41.0 Å². The number of hydrogen-bond acceptors (Lipinski definition) is 6. The fourth-order valence-electron chi connectivity index (χ4n) is 4.63. The topological polar surface area (TPSA) is 114 Å². The number of aliphatic hydroxyl groups excluding tert-OH is 1. The predicted molar refractivity (Wildman–Crippen MR) is 102 cm³/mol. The highest BCUT2D eigenvalue weighted by molar-refractivity contribution is 5.99. The second-order valence-electron chi connectivity index (χ2n) is 7.80. The van der Waals surface area contributed by atoms with E-state index in [1.165, 1.54) is 11.7 Å². The van der Waals surface area contributed by atoms with Crippen LogP contribution in [-0.2, 0) is 0 Å². The van der Waals surface area contributed by atoms with E-state index >= 15 is 4.39 Å². The van der Waals surface area contributed by atoms with Gasteiger partial charge in [0.15, 0.2) is 11.6 Å². The molecule has 0 amide bonds. The number of benzene rings is 1. The van der Waals surface area contributed by atoms with Gasteiger partial charge in [0.25, 0.3) is 5.56 Å². The third-order valence-corrected chi connectivity index (χ3v) is 6.13. The Balaban J connectivity index is 1.80. The molecule has 2 aromatic rings. The van der Waals surface area contributed by atoms with Crippen LogP contribution in [0.4, 0.5) is 15.8 Å². The number of nitrogens with two attached hydrogens (primary N) is 1. The summed E-state index contributed by atoms with van der Waals surface area (Å²) in [6.07, 6.45) is 4.71. The van der Waals surface area contributed by atoms with Gasteiger partial charge in [-0.25, -0.2) is 9.18 Å². The van der Waals surface area contributed by atoms with Crippen molar-refractivity contribution >= 4 is 22.3 Å². The van der Waals surface area contributed by atoms with Crippen molar-refractivity contribution in [2.24, 2.45) is 11.8 Å². The maximum Gasteiger partial charge on any atom is 0.329 e. The number of aromatic amines is 1. The minimum Gasteiger partial charge on any atom is -0.492 e. The number of methoxy groups -OCH3 is 1. The van der Waals surface area contributed by atoms with Gasteiger partial charge in [-0.3, -0.25) is 14.3 Å². The fourth-order valence-corrected chi connectivity index (χ4v) is 4.63. The molecule has 3 atom stereocenters. The van der Waals surface area contributed by atoms with E-state index in [0.29, 0.717) is 13.1 Å². The van der Waals surface area contributed by atoms with Crippen molar-refractivity contribution in [3.63, 3.8) is 0 Å². The number of ether oxygens (including phenoxy) is 1. The highest BCUT2D eigenvalue weighted by Crippen LogP contribution is 2.47. The lowest BCUT2D eigenvalue weighted by Crippen LogP contribution is -2.32. The lowest BCUT2D eigenvalue weighted by atomic mass is 9.98. The maximum absolute atomic E-state index is 15.4. The summed E-state index contributed by atoms with van der Waals surface area (Å²) >= 11 is 0. The van der Waals surface area contributed by atoms with Gasteiger partial charge in [-0.2, -0.15) is 0 Å². The van der Waals surface area contributed by atoms with Gasteiger partial charge in [0.05, 0.1) is 24.3 Å². The number of anilines is 2. The molecule has 1 saturated carbocycles. The zero-order chi connectivity index (χ0) is 19.7. The van der Waals surface area contributed by atoms with E-state index in [4.69, 9.17) is 10.5 Å². The lowest BCUT2D eigenvalue weighted by Gasteiger charge is -2.25. The van der Waals surface area contributed by atoms with Gasteiger partial charge in [0.2, 0.25) is 0 Å². The first-order valence-electron chi connectivity index (χ1n) is 9.37. The van der Waals surface area contributed by atoms with Gasteiger partial charge in [0, 0.05) is 31.0 Å².